The first-order chi connectivity index (χ1) is 15.5. The predicted octanol–water partition coefficient (Wildman–Crippen LogP) is 2.02. The van der Waals surface area contributed by atoms with E-state index in [1.54, 1.807) is 19.1 Å². The van der Waals surface area contributed by atoms with E-state index in [0.717, 1.165) is 62.6 Å². The molecule has 1 aliphatic rings. The van der Waals surface area contributed by atoms with Gasteiger partial charge in [0.05, 0.1) is 12.6 Å². The SMILES string of the molecule is CN=C(NCCCN1CCCC1C(=O)N(C)C)NCc1ccc(C)cc1OCCCOC. The molecule has 8 heteroatoms. The fourth-order valence-electron chi connectivity index (χ4n) is 3.89. The number of hydrogen-bond donors (Lipinski definition) is 2. The number of nitrogens with zero attached hydrogens (tertiary/aromatic N) is 3. The molecule has 0 saturated carbocycles. The Labute approximate surface area is 193 Å². The maximum absolute atomic E-state index is 12.3. The van der Waals surface area contributed by atoms with E-state index in [2.05, 4.69) is 45.6 Å². The Bertz CT molecular complexity index is 738. The number of aryl methyl sites for hydroxylation is 1. The Hall–Kier alpha value is -2.32. The number of likely N-dealkylation sites (tertiary alicyclic amines) is 1. The number of guanidine groups is 1. The summed E-state index contributed by atoms with van der Waals surface area (Å²) in [5.41, 5.74) is 2.27. The van der Waals surface area contributed by atoms with Crippen molar-refractivity contribution < 1.29 is 14.3 Å². The minimum atomic E-state index is 0.0336. The molecule has 1 fully saturated rings. The highest BCUT2D eigenvalue weighted by Gasteiger charge is 2.30. The van der Waals surface area contributed by atoms with Gasteiger partial charge in [-0.1, -0.05) is 12.1 Å². The number of aliphatic imine (C=N–C) groups is 1. The van der Waals surface area contributed by atoms with Gasteiger partial charge in [-0.25, -0.2) is 0 Å². The number of ether oxygens (including phenoxy) is 2. The van der Waals surface area contributed by atoms with Gasteiger partial charge >= 0.3 is 0 Å². The molecule has 0 spiro atoms. The van der Waals surface area contributed by atoms with Crippen LogP contribution < -0.4 is 15.4 Å². The Morgan fingerprint density at radius 2 is 2.06 bits per heavy atom. The average molecular weight is 448 g/mol. The molecule has 1 aromatic rings. The van der Waals surface area contributed by atoms with Gasteiger partial charge in [-0.3, -0.25) is 14.7 Å². The van der Waals surface area contributed by atoms with Crippen LogP contribution in [0.4, 0.5) is 0 Å². The lowest BCUT2D eigenvalue weighted by Crippen LogP contribution is -2.44. The molecular weight excluding hydrogens is 406 g/mol. The van der Waals surface area contributed by atoms with Crippen LogP contribution in [0.25, 0.3) is 0 Å². The summed E-state index contributed by atoms with van der Waals surface area (Å²) in [7, 11) is 7.15. The van der Waals surface area contributed by atoms with Crippen LogP contribution in [0, 0.1) is 6.92 Å². The molecule has 32 heavy (non-hydrogen) atoms. The Kier molecular flexibility index (Phi) is 11.3. The van der Waals surface area contributed by atoms with Gasteiger partial charge in [0.25, 0.3) is 0 Å². The second kappa shape index (κ2) is 14.0. The second-order valence-corrected chi connectivity index (χ2v) is 8.44. The molecule has 1 atom stereocenters. The lowest BCUT2D eigenvalue weighted by molar-refractivity contribution is -0.133. The first-order valence-electron chi connectivity index (χ1n) is 11.6. The predicted molar refractivity (Wildman–Crippen MR) is 129 cm³/mol. The molecule has 0 aliphatic carbocycles. The molecule has 1 heterocycles. The van der Waals surface area contributed by atoms with E-state index in [0.29, 0.717) is 19.8 Å². The third kappa shape index (κ3) is 8.31. The van der Waals surface area contributed by atoms with Crippen molar-refractivity contribution in [3.05, 3.63) is 29.3 Å². The molecule has 0 aromatic heterocycles. The van der Waals surface area contributed by atoms with E-state index in [-0.39, 0.29) is 11.9 Å². The van der Waals surface area contributed by atoms with Gasteiger partial charge in [0.15, 0.2) is 5.96 Å². The molecule has 0 bridgehead atoms. The topological polar surface area (TPSA) is 78.4 Å². The number of likely N-dealkylation sites (N-methyl/N-ethyl adjacent to an activating group) is 1. The van der Waals surface area contributed by atoms with Crippen LogP contribution in [-0.2, 0) is 16.1 Å². The van der Waals surface area contributed by atoms with Crippen LogP contribution in [0.5, 0.6) is 5.75 Å². The monoisotopic (exact) mass is 447 g/mol. The number of nitrogens with one attached hydrogen (secondary N) is 2. The molecule has 1 saturated heterocycles. The van der Waals surface area contributed by atoms with Crippen LogP contribution in [-0.4, -0.2) is 88.8 Å². The van der Waals surface area contributed by atoms with E-state index >= 15 is 0 Å². The van der Waals surface area contributed by atoms with E-state index in [1.807, 2.05) is 14.1 Å². The normalized spacial score (nSPS) is 16.8. The highest BCUT2D eigenvalue weighted by molar-refractivity contribution is 5.81. The van der Waals surface area contributed by atoms with Gasteiger partial charge in [-0.2, -0.15) is 0 Å². The molecule has 1 unspecified atom stereocenters. The summed E-state index contributed by atoms with van der Waals surface area (Å²) in [6, 6.07) is 6.29. The van der Waals surface area contributed by atoms with Gasteiger partial charge in [0, 0.05) is 66.5 Å². The Morgan fingerprint density at radius 1 is 1.25 bits per heavy atom. The van der Waals surface area contributed by atoms with Gasteiger partial charge in [-0.15, -0.1) is 0 Å². The van der Waals surface area contributed by atoms with Crippen molar-refractivity contribution in [3.8, 4) is 5.75 Å². The fourth-order valence-corrected chi connectivity index (χ4v) is 3.89. The zero-order chi connectivity index (χ0) is 23.3. The van der Waals surface area contributed by atoms with Crippen LogP contribution in [0.2, 0.25) is 0 Å². The van der Waals surface area contributed by atoms with E-state index in [4.69, 9.17) is 9.47 Å². The first kappa shape index (κ1) is 25.9. The zero-order valence-electron chi connectivity index (χ0n) is 20.4. The largest absolute Gasteiger partial charge is 0.493 e. The van der Waals surface area contributed by atoms with Crippen LogP contribution in [0.3, 0.4) is 0 Å². The van der Waals surface area contributed by atoms with Crippen LogP contribution in [0.15, 0.2) is 23.2 Å². The summed E-state index contributed by atoms with van der Waals surface area (Å²) in [6.45, 7) is 6.72. The maximum atomic E-state index is 12.3. The van der Waals surface area contributed by atoms with Crippen molar-refractivity contribution >= 4 is 11.9 Å². The number of hydrogen-bond acceptors (Lipinski definition) is 5. The van der Waals surface area contributed by atoms with Crippen molar-refractivity contribution in [3.63, 3.8) is 0 Å². The second-order valence-electron chi connectivity index (χ2n) is 8.44. The Balaban J connectivity index is 1.77. The number of rotatable bonds is 12. The van der Waals surface area contributed by atoms with Gasteiger partial charge in [-0.05, 0) is 44.4 Å². The smallest absolute Gasteiger partial charge is 0.239 e. The lowest BCUT2D eigenvalue weighted by Gasteiger charge is -2.26. The summed E-state index contributed by atoms with van der Waals surface area (Å²) < 4.78 is 11.1. The highest BCUT2D eigenvalue weighted by atomic mass is 16.5. The minimum absolute atomic E-state index is 0.0336. The Morgan fingerprint density at radius 3 is 2.78 bits per heavy atom. The van der Waals surface area contributed by atoms with Crippen LogP contribution in [0.1, 0.15) is 36.8 Å². The van der Waals surface area contributed by atoms with Crippen LogP contribution >= 0.6 is 0 Å². The van der Waals surface area contributed by atoms with Crippen molar-refractivity contribution in [1.82, 2.24) is 20.4 Å². The number of methoxy groups -OCH3 is 1. The molecule has 1 aromatic carbocycles. The maximum Gasteiger partial charge on any atom is 0.239 e. The standard InChI is InChI=1S/C24H41N5O3/c1-19-10-11-20(22(17-19)32-16-8-15-31-5)18-27-24(25-2)26-12-7-14-29-13-6-9-21(29)23(30)28(3)4/h10-11,17,21H,6-9,12-16,18H2,1-5H3,(H2,25,26,27). The average Bonchev–Trinajstić information content (AvgIpc) is 3.25. The summed E-state index contributed by atoms with van der Waals surface area (Å²) in [4.78, 5) is 20.7. The molecular formula is C24H41N5O3. The number of amides is 1. The molecule has 2 N–H and O–H groups in total. The third-order valence-corrected chi connectivity index (χ3v) is 5.65. The van der Waals surface area contributed by atoms with E-state index in [1.165, 1.54) is 5.56 Å². The van der Waals surface area contributed by atoms with Gasteiger partial charge in [0.2, 0.25) is 5.91 Å². The van der Waals surface area contributed by atoms with E-state index < -0.39 is 0 Å². The molecule has 1 amide bonds. The molecule has 8 nitrogen and oxygen atoms in total. The number of carbonyl (C=O) groups excluding carboxylic acids is 1. The first-order valence-corrected chi connectivity index (χ1v) is 11.6. The summed E-state index contributed by atoms with van der Waals surface area (Å²) >= 11 is 0. The van der Waals surface area contributed by atoms with Gasteiger partial charge < -0.3 is 25.0 Å². The summed E-state index contributed by atoms with van der Waals surface area (Å²) in [6.07, 6.45) is 3.86. The minimum Gasteiger partial charge on any atom is -0.493 e. The van der Waals surface area contributed by atoms with Crippen molar-refractivity contribution in [2.24, 2.45) is 4.99 Å². The molecule has 180 valence electrons. The quantitative estimate of drug-likeness (QED) is 0.290. The summed E-state index contributed by atoms with van der Waals surface area (Å²) in [5.74, 6) is 1.87. The fraction of sp³-hybridized carbons (Fsp3) is 0.667. The summed E-state index contributed by atoms with van der Waals surface area (Å²) in [5, 5.41) is 6.76. The molecule has 2 rings (SSSR count). The van der Waals surface area contributed by atoms with Crippen molar-refractivity contribution in [1.29, 1.82) is 0 Å². The molecule has 0 radical (unpaired) electrons. The zero-order valence-corrected chi connectivity index (χ0v) is 20.4. The number of benzene rings is 1. The lowest BCUT2D eigenvalue weighted by atomic mass is 10.1. The number of carbonyl (C=O) groups is 1. The van der Waals surface area contributed by atoms with E-state index in [9.17, 15) is 4.79 Å². The van der Waals surface area contributed by atoms with Crippen molar-refractivity contribution in [2.45, 2.75) is 45.2 Å². The molecule has 1 aliphatic heterocycles. The van der Waals surface area contributed by atoms with Crippen molar-refractivity contribution in [2.75, 3.05) is 61.1 Å². The third-order valence-electron chi connectivity index (χ3n) is 5.65. The van der Waals surface area contributed by atoms with Gasteiger partial charge in [0.1, 0.15) is 5.75 Å². The highest BCUT2D eigenvalue weighted by Crippen LogP contribution is 2.21.